The lowest BCUT2D eigenvalue weighted by Crippen LogP contribution is -2.53. The van der Waals surface area contributed by atoms with Gasteiger partial charge in [0.1, 0.15) is 23.3 Å². The van der Waals surface area contributed by atoms with Gasteiger partial charge in [-0.05, 0) is 62.6 Å². The van der Waals surface area contributed by atoms with Crippen LogP contribution >= 0.6 is 11.6 Å². The van der Waals surface area contributed by atoms with Crippen LogP contribution in [0.3, 0.4) is 0 Å². The van der Waals surface area contributed by atoms with Gasteiger partial charge in [0.25, 0.3) is 5.56 Å². The number of aromatic nitrogens is 4. The number of nitriles is 2. The Bertz CT molecular complexity index is 2470. The number of aryl methyl sites for hydroxylation is 2. The number of piperidine rings is 1. The molecule has 1 aliphatic heterocycles. The van der Waals surface area contributed by atoms with Gasteiger partial charge in [0, 0.05) is 43.5 Å². The molecule has 1 saturated heterocycles. The summed E-state index contributed by atoms with van der Waals surface area (Å²) in [4.78, 5) is 40.2. The van der Waals surface area contributed by atoms with Gasteiger partial charge in [-0.2, -0.15) is 10.5 Å². The first-order valence-electron chi connectivity index (χ1n) is 16.7. The molecular formula is C37H30ClF4N9O2. The van der Waals surface area contributed by atoms with Crippen molar-refractivity contribution in [3.63, 3.8) is 0 Å². The fourth-order valence-electron chi connectivity index (χ4n) is 7.51. The normalized spacial score (nSPS) is 17.1. The van der Waals surface area contributed by atoms with Gasteiger partial charge in [-0.25, -0.2) is 36.9 Å². The van der Waals surface area contributed by atoms with E-state index in [2.05, 4.69) is 16.0 Å². The number of imidazole rings is 1. The van der Waals surface area contributed by atoms with E-state index >= 15 is 4.39 Å². The number of carbonyl (C=O) groups is 1. The van der Waals surface area contributed by atoms with Gasteiger partial charge in [-0.15, -0.1) is 0 Å². The van der Waals surface area contributed by atoms with Crippen molar-refractivity contribution < 1.29 is 22.4 Å². The van der Waals surface area contributed by atoms with Gasteiger partial charge < -0.3 is 15.5 Å². The molecule has 53 heavy (non-hydrogen) atoms. The number of carbonyl (C=O) groups excluding carboxylic acids is 1. The number of para-hydroxylation sites is 1. The molecule has 3 aromatic heterocycles. The fourth-order valence-corrected chi connectivity index (χ4v) is 7.76. The van der Waals surface area contributed by atoms with E-state index in [1.807, 2.05) is 6.07 Å². The highest BCUT2D eigenvalue weighted by molar-refractivity contribution is 6.34. The van der Waals surface area contributed by atoms with E-state index in [1.54, 1.807) is 48.9 Å². The summed E-state index contributed by atoms with van der Waals surface area (Å²) in [6.07, 6.45) is 5.47. The first-order chi connectivity index (χ1) is 25.3. The Hall–Kier alpha value is -5.93. The van der Waals surface area contributed by atoms with Crippen LogP contribution in [-0.4, -0.2) is 55.7 Å². The van der Waals surface area contributed by atoms with Gasteiger partial charge in [0.2, 0.25) is 5.82 Å². The molecule has 4 heterocycles. The lowest BCUT2D eigenvalue weighted by molar-refractivity contribution is 0.132. The number of likely N-dealkylation sites (tertiary alicyclic amines) is 1. The molecule has 2 aliphatic rings. The van der Waals surface area contributed by atoms with E-state index in [9.17, 15) is 33.3 Å². The van der Waals surface area contributed by atoms with Crippen molar-refractivity contribution in [1.82, 2.24) is 24.0 Å². The van der Waals surface area contributed by atoms with E-state index in [0.717, 1.165) is 12.8 Å². The van der Waals surface area contributed by atoms with Crippen LogP contribution in [-0.2, 0) is 0 Å². The molecule has 2 atom stereocenters. The fraction of sp³-hybridized carbons (Fsp3) is 0.297. The summed E-state index contributed by atoms with van der Waals surface area (Å²) in [7, 11) is 1.71. The molecule has 7 rings (SSSR count). The molecule has 11 nitrogen and oxygen atoms in total. The Morgan fingerprint density at radius 1 is 1.04 bits per heavy atom. The Kier molecular flexibility index (Phi) is 8.86. The lowest BCUT2D eigenvalue weighted by atomic mass is 9.92. The molecular weight excluding hydrogens is 714 g/mol. The number of rotatable bonds is 5. The quantitative estimate of drug-likeness (QED) is 0.0900. The minimum absolute atomic E-state index is 0.0325. The minimum atomic E-state index is -2.12. The van der Waals surface area contributed by atoms with Crippen molar-refractivity contribution in [3.8, 4) is 29.1 Å². The summed E-state index contributed by atoms with van der Waals surface area (Å²) in [6, 6.07) is 9.63. The first kappa shape index (κ1) is 35.5. The molecule has 0 bridgehead atoms. The number of nitrogen functional groups attached to an aromatic ring is 1. The van der Waals surface area contributed by atoms with Crippen LogP contribution in [0.2, 0.25) is 5.02 Å². The molecule has 270 valence electrons. The van der Waals surface area contributed by atoms with E-state index in [1.165, 1.54) is 27.6 Å². The Morgan fingerprint density at radius 2 is 1.72 bits per heavy atom. The average molecular weight is 744 g/mol. The summed E-state index contributed by atoms with van der Waals surface area (Å²) in [5, 5.41) is 19.9. The number of fused-ring (bicyclic) bond motifs is 1. The Morgan fingerprint density at radius 3 is 2.36 bits per heavy atom. The van der Waals surface area contributed by atoms with Crippen molar-refractivity contribution in [2.45, 2.75) is 51.6 Å². The zero-order valence-corrected chi connectivity index (χ0v) is 29.3. The average Bonchev–Trinajstić information content (AvgIpc) is 3.89. The van der Waals surface area contributed by atoms with Gasteiger partial charge >= 0.3 is 6.03 Å². The zero-order chi connectivity index (χ0) is 38.0. The number of nitrogens with two attached hydrogens (primary N) is 1. The summed E-state index contributed by atoms with van der Waals surface area (Å²) in [5.74, 6) is -7.73. The number of hydrogen-bond acceptors (Lipinski definition) is 8. The monoisotopic (exact) mass is 743 g/mol. The summed E-state index contributed by atoms with van der Waals surface area (Å²) in [5.41, 5.74) is 3.79. The second-order valence-electron chi connectivity index (χ2n) is 13.4. The molecule has 2 aromatic carbocycles. The number of amides is 1. The topological polar surface area (TPSA) is 150 Å². The smallest absolute Gasteiger partial charge is 0.330 e. The third-order valence-electron chi connectivity index (χ3n) is 10.3. The molecule has 16 heteroatoms. The molecule has 1 aliphatic carbocycles. The molecule has 2 unspecified atom stereocenters. The summed E-state index contributed by atoms with van der Waals surface area (Å²) >= 11 is 6.70. The maximum absolute atomic E-state index is 15.4. The van der Waals surface area contributed by atoms with Crippen LogP contribution in [0.5, 0.6) is 0 Å². The van der Waals surface area contributed by atoms with Gasteiger partial charge in [-0.3, -0.25) is 9.36 Å². The van der Waals surface area contributed by atoms with Gasteiger partial charge in [0.05, 0.1) is 33.3 Å². The number of pyridine rings is 2. The van der Waals surface area contributed by atoms with Crippen LogP contribution in [0.25, 0.3) is 28.0 Å². The zero-order valence-electron chi connectivity index (χ0n) is 28.6. The van der Waals surface area contributed by atoms with Crippen LogP contribution in [0.4, 0.5) is 33.7 Å². The standard InChI is InChI=1S/C37H30ClF4N9O2/c1-17-5-4-6-18(2)33(17)51-35-21(14-23(38)32(47-35)26-27(39)28(40)29(41)30(42)31(26)45)34(22(15-43)36(51)52)48(3)20-9-11-49(24(13-20)19-7-8-19)37(53)50-12-10-46-25(50)16-44/h4-6,10,12,14,19-20,24H,7-9,11,13,45H2,1-3H3. The predicted octanol–water partition coefficient (Wildman–Crippen LogP) is 6.75. The van der Waals surface area contributed by atoms with Crippen LogP contribution < -0.4 is 16.2 Å². The Labute approximate surface area is 305 Å². The minimum Gasteiger partial charge on any atom is -0.396 e. The molecule has 2 fully saturated rings. The maximum Gasteiger partial charge on any atom is 0.330 e. The first-order valence-corrected chi connectivity index (χ1v) is 17.0. The van der Waals surface area contributed by atoms with Crippen LogP contribution in [0.1, 0.15) is 48.2 Å². The lowest BCUT2D eigenvalue weighted by Gasteiger charge is -2.43. The van der Waals surface area contributed by atoms with Crippen molar-refractivity contribution in [2.75, 3.05) is 24.2 Å². The number of benzene rings is 2. The SMILES string of the molecule is Cc1cccc(C)c1-n1c(=O)c(C#N)c(N(C)C2CCN(C(=O)n3ccnc3C#N)C(C3CC3)C2)c2cc(Cl)c(-c3c(N)c(F)c(F)c(F)c3F)nc21. The number of halogens is 5. The van der Waals surface area contributed by atoms with E-state index < -0.39 is 45.8 Å². The van der Waals surface area contributed by atoms with Crippen LogP contribution in [0, 0.1) is 65.7 Å². The van der Waals surface area contributed by atoms with Gasteiger partial charge in [0.15, 0.2) is 23.3 Å². The van der Waals surface area contributed by atoms with Crippen molar-refractivity contribution in [2.24, 2.45) is 5.92 Å². The molecule has 0 spiro atoms. The molecule has 0 radical (unpaired) electrons. The third kappa shape index (κ3) is 5.63. The predicted molar refractivity (Wildman–Crippen MR) is 189 cm³/mol. The molecule has 1 amide bonds. The number of hydrogen-bond donors (Lipinski definition) is 1. The maximum atomic E-state index is 15.4. The van der Waals surface area contributed by atoms with Crippen molar-refractivity contribution in [1.29, 1.82) is 10.5 Å². The molecule has 1 saturated carbocycles. The number of nitrogens with zero attached hydrogens (tertiary/aromatic N) is 8. The summed E-state index contributed by atoms with van der Waals surface area (Å²) < 4.78 is 61.2. The highest BCUT2D eigenvalue weighted by Crippen LogP contribution is 2.44. The van der Waals surface area contributed by atoms with Crippen molar-refractivity contribution in [3.05, 3.63) is 97.8 Å². The largest absolute Gasteiger partial charge is 0.396 e. The Balaban J connectivity index is 1.43. The molecule has 5 aromatic rings. The summed E-state index contributed by atoms with van der Waals surface area (Å²) in [6.45, 7) is 3.77. The second-order valence-corrected chi connectivity index (χ2v) is 13.8. The molecule has 2 N–H and O–H groups in total. The second kappa shape index (κ2) is 13.2. The van der Waals surface area contributed by atoms with Gasteiger partial charge in [-0.1, -0.05) is 29.8 Å². The highest BCUT2D eigenvalue weighted by Gasteiger charge is 2.43. The van der Waals surface area contributed by atoms with E-state index in [0.29, 0.717) is 36.2 Å². The van der Waals surface area contributed by atoms with E-state index in [-0.39, 0.29) is 57.2 Å². The van der Waals surface area contributed by atoms with Crippen LogP contribution in [0.15, 0.2) is 41.5 Å². The number of anilines is 2. The third-order valence-corrected chi connectivity index (χ3v) is 10.6. The van der Waals surface area contributed by atoms with E-state index in [4.69, 9.17) is 17.3 Å². The highest BCUT2D eigenvalue weighted by atomic mass is 35.5. The van der Waals surface area contributed by atoms with Crippen molar-refractivity contribution >= 4 is 40.0 Å².